The van der Waals surface area contributed by atoms with Crippen LogP contribution in [0.15, 0.2) is 47.7 Å². The molecule has 3 N–H and O–H groups in total. The fourth-order valence-corrected chi connectivity index (χ4v) is 2.20. The summed E-state index contributed by atoms with van der Waals surface area (Å²) < 4.78 is 10.5. The standard InChI is InChI=1S/C18H23N5O3/c1-19-18(22-12-17(24)23-14-5-4-8-20-11-14)21-10-13-6-7-15(25-2)16(9-13)26-3/h4-9,11H,10,12H2,1-3H3,(H,23,24)(H2,19,21,22). The van der Waals surface area contributed by atoms with E-state index in [1.54, 1.807) is 45.8 Å². The molecule has 1 aromatic heterocycles. The van der Waals surface area contributed by atoms with Gasteiger partial charge in [-0.3, -0.25) is 14.8 Å². The minimum Gasteiger partial charge on any atom is -0.493 e. The molecule has 0 saturated carbocycles. The van der Waals surface area contributed by atoms with Gasteiger partial charge in [0.15, 0.2) is 17.5 Å². The average Bonchev–Trinajstić information content (AvgIpc) is 2.68. The van der Waals surface area contributed by atoms with E-state index in [4.69, 9.17) is 9.47 Å². The molecule has 8 nitrogen and oxygen atoms in total. The summed E-state index contributed by atoms with van der Waals surface area (Å²) in [7, 11) is 4.83. The SMILES string of the molecule is CN=C(NCC(=O)Nc1cccnc1)NCc1ccc(OC)c(OC)c1. The summed E-state index contributed by atoms with van der Waals surface area (Å²) in [5, 5.41) is 8.85. The van der Waals surface area contributed by atoms with Crippen LogP contribution < -0.4 is 25.4 Å². The number of pyridine rings is 1. The first-order valence-electron chi connectivity index (χ1n) is 8.01. The number of ether oxygens (including phenoxy) is 2. The summed E-state index contributed by atoms with van der Waals surface area (Å²) in [4.78, 5) is 20.0. The van der Waals surface area contributed by atoms with E-state index in [0.717, 1.165) is 5.56 Å². The van der Waals surface area contributed by atoms with Crippen LogP contribution in [0.2, 0.25) is 0 Å². The highest BCUT2D eigenvalue weighted by Crippen LogP contribution is 2.27. The van der Waals surface area contributed by atoms with Gasteiger partial charge in [0.25, 0.3) is 0 Å². The van der Waals surface area contributed by atoms with Gasteiger partial charge in [-0.25, -0.2) is 0 Å². The number of aliphatic imine (C=N–C) groups is 1. The summed E-state index contributed by atoms with van der Waals surface area (Å²) in [6, 6.07) is 9.18. The number of rotatable bonds is 7. The number of methoxy groups -OCH3 is 2. The van der Waals surface area contributed by atoms with Crippen molar-refractivity contribution in [3.05, 3.63) is 48.3 Å². The number of guanidine groups is 1. The van der Waals surface area contributed by atoms with E-state index in [-0.39, 0.29) is 12.5 Å². The topological polar surface area (TPSA) is 96.9 Å². The lowest BCUT2D eigenvalue weighted by atomic mass is 10.2. The largest absolute Gasteiger partial charge is 0.493 e. The lowest BCUT2D eigenvalue weighted by molar-refractivity contribution is -0.115. The van der Waals surface area contributed by atoms with Crippen LogP contribution in [-0.2, 0) is 11.3 Å². The summed E-state index contributed by atoms with van der Waals surface area (Å²) in [6.07, 6.45) is 3.23. The molecule has 0 fully saturated rings. The third-order valence-corrected chi connectivity index (χ3v) is 3.49. The Bertz CT molecular complexity index is 750. The van der Waals surface area contributed by atoms with Crippen LogP contribution in [-0.4, -0.2) is 44.7 Å². The highest BCUT2D eigenvalue weighted by molar-refractivity contribution is 5.94. The highest BCUT2D eigenvalue weighted by Gasteiger charge is 2.07. The Morgan fingerprint density at radius 2 is 1.96 bits per heavy atom. The Balaban J connectivity index is 1.83. The quantitative estimate of drug-likeness (QED) is 0.512. The first-order chi connectivity index (χ1) is 12.7. The Labute approximate surface area is 152 Å². The number of aromatic nitrogens is 1. The molecule has 0 spiro atoms. The number of carbonyl (C=O) groups is 1. The summed E-state index contributed by atoms with van der Waals surface area (Å²) in [5.41, 5.74) is 1.64. The predicted molar refractivity (Wildman–Crippen MR) is 101 cm³/mol. The number of amides is 1. The van der Waals surface area contributed by atoms with Gasteiger partial charge in [0, 0.05) is 19.8 Å². The number of nitrogens with zero attached hydrogens (tertiary/aromatic N) is 2. The van der Waals surface area contributed by atoms with Crippen LogP contribution in [0.4, 0.5) is 5.69 Å². The minimum absolute atomic E-state index is 0.0838. The number of hydrogen-bond acceptors (Lipinski definition) is 5. The van der Waals surface area contributed by atoms with E-state index < -0.39 is 0 Å². The van der Waals surface area contributed by atoms with Crippen LogP contribution in [0, 0.1) is 0 Å². The summed E-state index contributed by atoms with van der Waals surface area (Å²) in [6.45, 7) is 0.602. The highest BCUT2D eigenvalue weighted by atomic mass is 16.5. The molecule has 2 aromatic rings. The van der Waals surface area contributed by atoms with Gasteiger partial charge in [0.2, 0.25) is 5.91 Å². The number of benzene rings is 1. The van der Waals surface area contributed by atoms with E-state index in [1.165, 1.54) is 0 Å². The van der Waals surface area contributed by atoms with Gasteiger partial charge in [-0.15, -0.1) is 0 Å². The maximum Gasteiger partial charge on any atom is 0.243 e. The maximum absolute atomic E-state index is 11.9. The van der Waals surface area contributed by atoms with Crippen molar-refractivity contribution in [1.29, 1.82) is 0 Å². The number of anilines is 1. The maximum atomic E-state index is 11.9. The van der Waals surface area contributed by atoms with Gasteiger partial charge >= 0.3 is 0 Å². The number of nitrogens with one attached hydrogen (secondary N) is 3. The fourth-order valence-electron chi connectivity index (χ4n) is 2.20. The van der Waals surface area contributed by atoms with Crippen molar-refractivity contribution in [2.24, 2.45) is 4.99 Å². The molecule has 1 amide bonds. The van der Waals surface area contributed by atoms with Crippen molar-refractivity contribution in [1.82, 2.24) is 15.6 Å². The molecule has 0 aliphatic heterocycles. The van der Waals surface area contributed by atoms with Gasteiger partial charge < -0.3 is 25.4 Å². The second-order valence-electron chi connectivity index (χ2n) is 5.26. The lowest BCUT2D eigenvalue weighted by Crippen LogP contribution is -2.41. The van der Waals surface area contributed by atoms with E-state index in [2.05, 4.69) is 25.9 Å². The van der Waals surface area contributed by atoms with Crippen molar-refractivity contribution in [2.75, 3.05) is 33.1 Å². The van der Waals surface area contributed by atoms with Gasteiger partial charge in [0.1, 0.15) is 0 Å². The van der Waals surface area contributed by atoms with E-state index >= 15 is 0 Å². The molecule has 0 aliphatic rings. The second kappa shape index (κ2) is 9.87. The molecule has 0 radical (unpaired) electrons. The van der Waals surface area contributed by atoms with E-state index in [1.807, 2.05) is 18.2 Å². The molecule has 0 unspecified atom stereocenters. The summed E-state index contributed by atoms with van der Waals surface area (Å²) >= 11 is 0. The van der Waals surface area contributed by atoms with Gasteiger partial charge in [-0.2, -0.15) is 0 Å². The van der Waals surface area contributed by atoms with Gasteiger partial charge in [-0.05, 0) is 29.8 Å². The molecule has 1 heterocycles. The van der Waals surface area contributed by atoms with E-state index in [0.29, 0.717) is 29.7 Å². The Morgan fingerprint density at radius 3 is 2.62 bits per heavy atom. The average molecular weight is 357 g/mol. The van der Waals surface area contributed by atoms with Crippen LogP contribution >= 0.6 is 0 Å². The first kappa shape index (κ1) is 19.0. The first-order valence-corrected chi connectivity index (χ1v) is 8.01. The molecule has 0 saturated heterocycles. The molecule has 0 aliphatic carbocycles. The van der Waals surface area contributed by atoms with Crippen LogP contribution in [0.3, 0.4) is 0 Å². The van der Waals surface area contributed by atoms with Crippen molar-refractivity contribution in [3.63, 3.8) is 0 Å². The molecular weight excluding hydrogens is 334 g/mol. The van der Waals surface area contributed by atoms with E-state index in [9.17, 15) is 4.79 Å². The third-order valence-electron chi connectivity index (χ3n) is 3.49. The van der Waals surface area contributed by atoms with Gasteiger partial charge in [-0.1, -0.05) is 6.07 Å². The minimum atomic E-state index is -0.188. The van der Waals surface area contributed by atoms with Crippen LogP contribution in [0.1, 0.15) is 5.56 Å². The zero-order valence-corrected chi connectivity index (χ0v) is 15.1. The van der Waals surface area contributed by atoms with Gasteiger partial charge in [0.05, 0.1) is 32.6 Å². The molecule has 138 valence electrons. The third kappa shape index (κ3) is 5.66. The normalized spacial score (nSPS) is 10.8. The monoisotopic (exact) mass is 357 g/mol. The Kier molecular flexibility index (Phi) is 7.23. The smallest absolute Gasteiger partial charge is 0.243 e. The van der Waals surface area contributed by atoms with Crippen molar-refractivity contribution < 1.29 is 14.3 Å². The molecule has 26 heavy (non-hydrogen) atoms. The number of hydrogen-bond donors (Lipinski definition) is 3. The number of carbonyl (C=O) groups excluding carboxylic acids is 1. The van der Waals surface area contributed by atoms with Crippen molar-refractivity contribution in [3.8, 4) is 11.5 Å². The molecule has 0 atom stereocenters. The molecule has 2 rings (SSSR count). The second-order valence-corrected chi connectivity index (χ2v) is 5.26. The van der Waals surface area contributed by atoms with Crippen molar-refractivity contribution >= 4 is 17.6 Å². The van der Waals surface area contributed by atoms with Crippen LogP contribution in [0.25, 0.3) is 0 Å². The fraction of sp³-hybridized carbons (Fsp3) is 0.278. The lowest BCUT2D eigenvalue weighted by Gasteiger charge is -2.13. The zero-order valence-electron chi connectivity index (χ0n) is 15.1. The zero-order chi connectivity index (χ0) is 18.8. The Hall–Kier alpha value is -3.29. The Morgan fingerprint density at radius 1 is 1.15 bits per heavy atom. The molecular formula is C18H23N5O3. The van der Waals surface area contributed by atoms with Crippen molar-refractivity contribution in [2.45, 2.75) is 6.54 Å². The molecule has 0 bridgehead atoms. The molecule has 8 heteroatoms. The molecule has 1 aromatic carbocycles. The van der Waals surface area contributed by atoms with Crippen LogP contribution in [0.5, 0.6) is 11.5 Å². The summed E-state index contributed by atoms with van der Waals surface area (Å²) in [5.74, 6) is 1.66. The predicted octanol–water partition coefficient (Wildman–Crippen LogP) is 1.40.